The lowest BCUT2D eigenvalue weighted by molar-refractivity contribution is 0.102. The summed E-state index contributed by atoms with van der Waals surface area (Å²) in [6.45, 7) is 6.29. The number of anilines is 1. The van der Waals surface area contributed by atoms with Crippen molar-refractivity contribution < 1.29 is 9.26 Å². The molecule has 1 N–H and O–H groups in total. The lowest BCUT2D eigenvalue weighted by Crippen LogP contribution is -2.46. The molecule has 1 aliphatic carbocycles. The molecule has 0 radical (unpaired) electrons. The Bertz CT molecular complexity index is 712. The smallest absolute Gasteiger partial charge is 0.150 e. The van der Waals surface area contributed by atoms with Crippen molar-refractivity contribution in [3.63, 3.8) is 0 Å². The van der Waals surface area contributed by atoms with Crippen LogP contribution in [0.5, 0.6) is 0 Å². The Labute approximate surface area is 140 Å². The number of ether oxygens (including phenoxy) is 1. The number of nitrogens with zero attached hydrogens (tertiary/aromatic N) is 4. The molecule has 3 aliphatic rings. The van der Waals surface area contributed by atoms with Gasteiger partial charge in [-0.3, -0.25) is 10.00 Å². The van der Waals surface area contributed by atoms with E-state index in [1.807, 2.05) is 0 Å². The SMILES string of the molecule is c1c(N2CCN(Cc3noc4c3COCC4)CC2)n[nH]c1C1CC1. The number of aromatic amines is 1. The molecule has 7 heteroatoms. The molecule has 0 atom stereocenters. The van der Waals surface area contributed by atoms with Crippen LogP contribution in [0.25, 0.3) is 0 Å². The second kappa shape index (κ2) is 5.89. The number of hydrogen-bond acceptors (Lipinski definition) is 6. The fourth-order valence-corrected chi connectivity index (χ4v) is 3.64. The van der Waals surface area contributed by atoms with Crippen molar-refractivity contribution in [2.75, 3.05) is 37.7 Å². The zero-order valence-corrected chi connectivity index (χ0v) is 13.8. The Hall–Kier alpha value is -1.86. The average Bonchev–Trinajstić information content (AvgIpc) is 3.22. The molecule has 0 aromatic carbocycles. The molecule has 0 bridgehead atoms. The van der Waals surface area contributed by atoms with Crippen LogP contribution in [0.3, 0.4) is 0 Å². The van der Waals surface area contributed by atoms with Gasteiger partial charge in [0.05, 0.1) is 13.2 Å². The number of H-pyrrole nitrogens is 1. The van der Waals surface area contributed by atoms with Gasteiger partial charge in [0.25, 0.3) is 0 Å². The minimum Gasteiger partial charge on any atom is -0.376 e. The monoisotopic (exact) mass is 329 g/mol. The molecule has 0 unspecified atom stereocenters. The predicted octanol–water partition coefficient (Wildman–Crippen LogP) is 1.67. The van der Waals surface area contributed by atoms with Gasteiger partial charge < -0.3 is 14.2 Å². The number of fused-ring (bicyclic) bond motifs is 1. The average molecular weight is 329 g/mol. The van der Waals surface area contributed by atoms with E-state index < -0.39 is 0 Å². The number of aromatic nitrogens is 3. The standard InChI is InChI=1S/C17H23N5O2/c1-2-12(1)14-9-17(19-18-14)22-6-4-21(5-7-22)10-15-13-11-23-8-3-16(13)24-20-15/h9,12H,1-8,10-11H2,(H,18,19). The number of nitrogens with one attached hydrogen (secondary N) is 1. The third-order valence-corrected chi connectivity index (χ3v) is 5.34. The predicted molar refractivity (Wildman–Crippen MR) is 87.9 cm³/mol. The Kier molecular flexibility index (Phi) is 3.56. The molecule has 128 valence electrons. The van der Waals surface area contributed by atoms with Gasteiger partial charge in [-0.1, -0.05) is 5.16 Å². The molecule has 4 heterocycles. The Morgan fingerprint density at radius 2 is 2.08 bits per heavy atom. The highest BCUT2D eigenvalue weighted by molar-refractivity contribution is 5.41. The van der Waals surface area contributed by atoms with Crippen LogP contribution in [-0.2, 0) is 24.3 Å². The van der Waals surface area contributed by atoms with E-state index in [2.05, 4.69) is 31.2 Å². The van der Waals surface area contributed by atoms with Gasteiger partial charge in [-0.05, 0) is 12.8 Å². The van der Waals surface area contributed by atoms with Gasteiger partial charge in [0.1, 0.15) is 11.5 Å². The van der Waals surface area contributed by atoms with E-state index in [1.54, 1.807) is 0 Å². The van der Waals surface area contributed by atoms with Crippen LogP contribution in [0.4, 0.5) is 5.82 Å². The summed E-state index contributed by atoms with van der Waals surface area (Å²) in [6.07, 6.45) is 3.46. The first-order chi connectivity index (χ1) is 11.9. The number of rotatable bonds is 4. The summed E-state index contributed by atoms with van der Waals surface area (Å²) in [5.74, 6) is 2.84. The molecule has 2 aromatic heterocycles. The Balaban J connectivity index is 1.20. The van der Waals surface area contributed by atoms with E-state index >= 15 is 0 Å². The molecule has 0 amide bonds. The summed E-state index contributed by atoms with van der Waals surface area (Å²) < 4.78 is 11.0. The van der Waals surface area contributed by atoms with Crippen molar-refractivity contribution in [3.8, 4) is 0 Å². The van der Waals surface area contributed by atoms with Crippen molar-refractivity contribution in [2.45, 2.75) is 38.3 Å². The lowest BCUT2D eigenvalue weighted by Gasteiger charge is -2.34. The van der Waals surface area contributed by atoms with Crippen LogP contribution >= 0.6 is 0 Å². The Morgan fingerprint density at radius 3 is 2.92 bits per heavy atom. The van der Waals surface area contributed by atoms with Gasteiger partial charge in [0.2, 0.25) is 0 Å². The second-order valence-corrected chi connectivity index (χ2v) is 7.05. The lowest BCUT2D eigenvalue weighted by atomic mass is 10.1. The molecule has 5 rings (SSSR count). The molecular weight excluding hydrogens is 306 g/mol. The third-order valence-electron chi connectivity index (χ3n) is 5.34. The summed E-state index contributed by atoms with van der Waals surface area (Å²) in [6, 6.07) is 2.23. The molecule has 7 nitrogen and oxygen atoms in total. The minimum absolute atomic E-state index is 0.644. The summed E-state index contributed by atoms with van der Waals surface area (Å²) in [7, 11) is 0. The highest BCUT2D eigenvalue weighted by Gasteiger charge is 2.28. The number of piperazine rings is 1. The summed E-state index contributed by atoms with van der Waals surface area (Å²) in [5.41, 5.74) is 3.53. The van der Waals surface area contributed by atoms with E-state index in [0.717, 1.165) is 68.9 Å². The maximum absolute atomic E-state index is 5.55. The van der Waals surface area contributed by atoms with Crippen molar-refractivity contribution >= 4 is 5.82 Å². The molecule has 1 saturated carbocycles. The van der Waals surface area contributed by atoms with Crippen LogP contribution < -0.4 is 4.90 Å². The van der Waals surface area contributed by atoms with Gasteiger partial charge in [0, 0.05) is 62.4 Å². The van der Waals surface area contributed by atoms with Crippen molar-refractivity contribution in [3.05, 3.63) is 28.8 Å². The molecule has 2 aliphatic heterocycles. The van der Waals surface area contributed by atoms with Crippen LogP contribution in [0, 0.1) is 0 Å². The summed E-state index contributed by atoms with van der Waals surface area (Å²) >= 11 is 0. The summed E-state index contributed by atoms with van der Waals surface area (Å²) in [4.78, 5) is 4.82. The molecule has 24 heavy (non-hydrogen) atoms. The molecule has 0 spiro atoms. The van der Waals surface area contributed by atoms with Crippen molar-refractivity contribution in [2.24, 2.45) is 0 Å². The molecule has 2 fully saturated rings. The quantitative estimate of drug-likeness (QED) is 0.920. The van der Waals surface area contributed by atoms with Crippen LogP contribution in [0.2, 0.25) is 0 Å². The zero-order valence-electron chi connectivity index (χ0n) is 13.8. The van der Waals surface area contributed by atoms with Crippen LogP contribution in [0.15, 0.2) is 10.6 Å². The normalized spacial score (nSPS) is 21.9. The molecule has 2 aromatic rings. The van der Waals surface area contributed by atoms with E-state index in [4.69, 9.17) is 9.26 Å². The topological polar surface area (TPSA) is 70.4 Å². The van der Waals surface area contributed by atoms with Crippen LogP contribution in [0.1, 0.15) is 41.5 Å². The van der Waals surface area contributed by atoms with Gasteiger partial charge in [-0.2, -0.15) is 5.10 Å². The highest BCUT2D eigenvalue weighted by atomic mass is 16.5. The van der Waals surface area contributed by atoms with E-state index in [1.165, 1.54) is 24.1 Å². The number of hydrogen-bond donors (Lipinski definition) is 1. The van der Waals surface area contributed by atoms with Gasteiger partial charge in [-0.25, -0.2) is 0 Å². The van der Waals surface area contributed by atoms with E-state index in [-0.39, 0.29) is 0 Å². The van der Waals surface area contributed by atoms with Crippen molar-refractivity contribution in [1.82, 2.24) is 20.3 Å². The first-order valence-electron chi connectivity index (χ1n) is 8.93. The second-order valence-electron chi connectivity index (χ2n) is 7.05. The van der Waals surface area contributed by atoms with Crippen molar-refractivity contribution in [1.29, 1.82) is 0 Å². The summed E-state index contributed by atoms with van der Waals surface area (Å²) in [5, 5.41) is 12.0. The maximum atomic E-state index is 5.55. The van der Waals surface area contributed by atoms with Gasteiger partial charge in [0.15, 0.2) is 5.82 Å². The van der Waals surface area contributed by atoms with E-state index in [9.17, 15) is 0 Å². The molecule has 1 saturated heterocycles. The first-order valence-corrected chi connectivity index (χ1v) is 8.93. The fourth-order valence-electron chi connectivity index (χ4n) is 3.64. The van der Waals surface area contributed by atoms with Gasteiger partial charge >= 0.3 is 0 Å². The van der Waals surface area contributed by atoms with Gasteiger partial charge in [-0.15, -0.1) is 0 Å². The van der Waals surface area contributed by atoms with Crippen LogP contribution in [-0.4, -0.2) is 53.0 Å². The highest BCUT2D eigenvalue weighted by Crippen LogP contribution is 2.39. The maximum Gasteiger partial charge on any atom is 0.150 e. The zero-order chi connectivity index (χ0) is 15.9. The minimum atomic E-state index is 0.644. The largest absolute Gasteiger partial charge is 0.376 e. The fraction of sp³-hybridized carbons (Fsp3) is 0.647. The Morgan fingerprint density at radius 1 is 1.21 bits per heavy atom. The molecular formula is C17H23N5O2. The third kappa shape index (κ3) is 2.71. The first kappa shape index (κ1) is 14.5. The van der Waals surface area contributed by atoms with E-state index in [0.29, 0.717) is 6.61 Å².